The molecule has 1 aromatic carbocycles. The van der Waals surface area contributed by atoms with Crippen LogP contribution in [-0.4, -0.2) is 67.4 Å². The van der Waals surface area contributed by atoms with Gasteiger partial charge in [-0.2, -0.15) is 5.26 Å². The Bertz CT molecular complexity index is 813. The Kier molecular flexibility index (Phi) is 10.9. The van der Waals surface area contributed by atoms with Crippen LogP contribution in [0.15, 0.2) is 36.9 Å². The summed E-state index contributed by atoms with van der Waals surface area (Å²) in [4.78, 5) is 26.7. The molecular formula is C23H32N4O4S. The first-order chi connectivity index (χ1) is 15.5. The summed E-state index contributed by atoms with van der Waals surface area (Å²) >= 11 is 1.52. The molecule has 8 nitrogen and oxygen atoms in total. The van der Waals surface area contributed by atoms with Gasteiger partial charge in [-0.1, -0.05) is 18.7 Å². The largest absolute Gasteiger partial charge is 0.460 e. The van der Waals surface area contributed by atoms with Gasteiger partial charge in [0.2, 0.25) is 5.91 Å². The van der Waals surface area contributed by atoms with E-state index >= 15 is 0 Å². The van der Waals surface area contributed by atoms with Gasteiger partial charge in [-0.15, -0.1) is 11.8 Å². The van der Waals surface area contributed by atoms with Crippen molar-refractivity contribution in [1.29, 1.82) is 5.26 Å². The van der Waals surface area contributed by atoms with Crippen molar-refractivity contribution in [2.45, 2.75) is 30.4 Å². The Morgan fingerprint density at radius 3 is 2.72 bits per heavy atom. The first-order valence-electron chi connectivity index (χ1n) is 10.7. The highest BCUT2D eigenvalue weighted by Gasteiger charge is 2.41. The van der Waals surface area contributed by atoms with Gasteiger partial charge in [-0.25, -0.2) is 0 Å². The summed E-state index contributed by atoms with van der Waals surface area (Å²) in [5.74, 6) is -1.42. The molecule has 2 rings (SSSR count). The molecule has 1 fully saturated rings. The Hall–Kier alpha value is -2.70. The molecule has 9 heteroatoms. The van der Waals surface area contributed by atoms with E-state index in [-0.39, 0.29) is 29.6 Å². The van der Waals surface area contributed by atoms with Gasteiger partial charge >= 0.3 is 5.97 Å². The predicted molar refractivity (Wildman–Crippen MR) is 127 cm³/mol. The Morgan fingerprint density at radius 1 is 1.38 bits per heavy atom. The van der Waals surface area contributed by atoms with Crippen molar-refractivity contribution in [3.8, 4) is 6.07 Å². The number of nitrogens with zero attached hydrogens (tertiary/aromatic N) is 2. The van der Waals surface area contributed by atoms with Crippen LogP contribution in [0.2, 0.25) is 0 Å². The molecule has 0 spiro atoms. The lowest BCUT2D eigenvalue weighted by Gasteiger charge is -2.23. The minimum absolute atomic E-state index is 0.0513. The number of methoxy groups -OCH3 is 1. The summed E-state index contributed by atoms with van der Waals surface area (Å²) in [6, 6.07) is 9.98. The van der Waals surface area contributed by atoms with Crippen LogP contribution < -0.4 is 10.6 Å². The maximum Gasteiger partial charge on any atom is 0.323 e. The van der Waals surface area contributed by atoms with Crippen LogP contribution in [0.3, 0.4) is 0 Å². The van der Waals surface area contributed by atoms with E-state index in [0.29, 0.717) is 26.1 Å². The summed E-state index contributed by atoms with van der Waals surface area (Å²) in [6.45, 7) is 8.02. The SMILES string of the molecule is C=CCOC(=O)C(C#N)CC1SC(CCNc2cccc(NCCOC)c2)C(=O)N1CC. The molecule has 3 unspecified atom stereocenters. The molecule has 0 aromatic heterocycles. The molecule has 3 atom stereocenters. The Labute approximate surface area is 194 Å². The second-order valence-corrected chi connectivity index (χ2v) is 8.64. The molecule has 1 heterocycles. The quantitative estimate of drug-likeness (QED) is 0.248. The predicted octanol–water partition coefficient (Wildman–Crippen LogP) is 3.10. The molecule has 1 amide bonds. The van der Waals surface area contributed by atoms with Crippen LogP contribution in [0, 0.1) is 17.2 Å². The summed E-state index contributed by atoms with van der Waals surface area (Å²) in [7, 11) is 1.67. The van der Waals surface area contributed by atoms with Gasteiger partial charge < -0.3 is 25.0 Å². The van der Waals surface area contributed by atoms with Crippen LogP contribution in [-0.2, 0) is 19.1 Å². The van der Waals surface area contributed by atoms with E-state index in [9.17, 15) is 14.9 Å². The second kappa shape index (κ2) is 13.7. The molecule has 0 aliphatic carbocycles. The monoisotopic (exact) mass is 460 g/mol. The highest BCUT2D eigenvalue weighted by atomic mass is 32.2. The van der Waals surface area contributed by atoms with Crippen molar-refractivity contribution in [3.05, 3.63) is 36.9 Å². The highest BCUT2D eigenvalue weighted by Crippen LogP contribution is 2.37. The van der Waals surface area contributed by atoms with Crippen LogP contribution in [0.5, 0.6) is 0 Å². The first-order valence-corrected chi connectivity index (χ1v) is 11.7. The van der Waals surface area contributed by atoms with Gasteiger partial charge in [0.25, 0.3) is 0 Å². The summed E-state index contributed by atoms with van der Waals surface area (Å²) in [6.07, 6.45) is 2.37. The lowest BCUT2D eigenvalue weighted by atomic mass is 10.1. The number of ether oxygens (including phenoxy) is 2. The van der Waals surface area contributed by atoms with Gasteiger partial charge in [-0.3, -0.25) is 9.59 Å². The van der Waals surface area contributed by atoms with Crippen LogP contribution in [0.4, 0.5) is 11.4 Å². The van der Waals surface area contributed by atoms with Crippen molar-refractivity contribution in [2.75, 3.05) is 50.6 Å². The van der Waals surface area contributed by atoms with Gasteiger partial charge in [0.05, 0.1) is 23.3 Å². The summed E-state index contributed by atoms with van der Waals surface area (Å²) < 4.78 is 10.1. The van der Waals surface area contributed by atoms with E-state index in [1.54, 1.807) is 12.0 Å². The zero-order valence-corrected chi connectivity index (χ0v) is 19.5. The molecule has 0 radical (unpaired) electrons. The average molecular weight is 461 g/mol. The summed E-state index contributed by atoms with van der Waals surface area (Å²) in [5, 5.41) is 15.6. The number of thioether (sulfide) groups is 1. The lowest BCUT2D eigenvalue weighted by Crippen LogP contribution is -2.36. The molecule has 0 saturated carbocycles. The third kappa shape index (κ3) is 7.46. The van der Waals surface area contributed by atoms with Gasteiger partial charge in [0.1, 0.15) is 12.5 Å². The van der Waals surface area contributed by atoms with E-state index in [0.717, 1.165) is 17.9 Å². The minimum Gasteiger partial charge on any atom is -0.460 e. The number of benzene rings is 1. The van der Waals surface area contributed by atoms with E-state index in [1.807, 2.05) is 37.3 Å². The number of carbonyl (C=O) groups is 2. The minimum atomic E-state index is -0.903. The van der Waals surface area contributed by atoms with Crippen molar-refractivity contribution in [1.82, 2.24) is 4.90 Å². The number of hydrogen-bond donors (Lipinski definition) is 2. The van der Waals surface area contributed by atoms with Crippen LogP contribution in [0.25, 0.3) is 0 Å². The molecule has 2 N–H and O–H groups in total. The van der Waals surface area contributed by atoms with E-state index in [2.05, 4.69) is 17.2 Å². The van der Waals surface area contributed by atoms with Gasteiger partial charge in [-0.05, 0) is 31.5 Å². The third-order valence-electron chi connectivity index (χ3n) is 5.02. The summed E-state index contributed by atoms with van der Waals surface area (Å²) in [5.41, 5.74) is 1.97. The highest BCUT2D eigenvalue weighted by molar-refractivity contribution is 8.01. The molecule has 1 aliphatic rings. The Morgan fingerprint density at radius 2 is 2.09 bits per heavy atom. The first kappa shape index (κ1) is 25.6. The van der Waals surface area contributed by atoms with Crippen molar-refractivity contribution >= 4 is 35.0 Å². The maximum absolute atomic E-state index is 12.8. The normalized spacial score (nSPS) is 18.7. The molecule has 1 saturated heterocycles. The number of anilines is 2. The van der Waals surface area contributed by atoms with Gasteiger partial charge in [0.15, 0.2) is 0 Å². The molecule has 1 aromatic rings. The van der Waals surface area contributed by atoms with Gasteiger partial charge in [0, 0.05) is 44.5 Å². The molecule has 0 bridgehead atoms. The fourth-order valence-electron chi connectivity index (χ4n) is 3.41. The molecule has 1 aliphatic heterocycles. The zero-order valence-electron chi connectivity index (χ0n) is 18.7. The van der Waals surface area contributed by atoms with Crippen molar-refractivity contribution < 1.29 is 19.1 Å². The molecule has 174 valence electrons. The topological polar surface area (TPSA) is 104 Å². The number of carbonyl (C=O) groups excluding carboxylic acids is 2. The number of esters is 1. The lowest BCUT2D eigenvalue weighted by molar-refractivity contribution is -0.146. The fourth-order valence-corrected chi connectivity index (χ4v) is 5.00. The number of amides is 1. The number of rotatable bonds is 14. The maximum atomic E-state index is 12.8. The zero-order chi connectivity index (χ0) is 23.3. The van der Waals surface area contributed by atoms with Crippen molar-refractivity contribution in [2.24, 2.45) is 5.92 Å². The standard InChI is InChI=1S/C23H32N4O4S/c1-4-12-31-23(29)17(16-24)14-21-27(5-2)22(28)20(32-21)9-10-25-18-7-6-8-19(15-18)26-11-13-30-3/h4,6-8,15,17,20-21,25-26H,1,5,9-14H2,2-3H3. The number of nitriles is 1. The fraction of sp³-hybridized carbons (Fsp3) is 0.522. The van der Waals surface area contributed by atoms with E-state index in [4.69, 9.17) is 9.47 Å². The Balaban J connectivity index is 1.88. The van der Waals surface area contributed by atoms with Crippen LogP contribution >= 0.6 is 11.8 Å². The molecular weight excluding hydrogens is 428 g/mol. The number of nitrogens with one attached hydrogen (secondary N) is 2. The smallest absolute Gasteiger partial charge is 0.323 e. The van der Waals surface area contributed by atoms with Crippen LogP contribution in [0.1, 0.15) is 19.8 Å². The van der Waals surface area contributed by atoms with E-state index < -0.39 is 11.9 Å². The third-order valence-corrected chi connectivity index (χ3v) is 6.55. The average Bonchev–Trinajstić information content (AvgIpc) is 3.10. The molecule has 32 heavy (non-hydrogen) atoms. The van der Waals surface area contributed by atoms with E-state index in [1.165, 1.54) is 17.8 Å². The van der Waals surface area contributed by atoms with Crippen molar-refractivity contribution in [3.63, 3.8) is 0 Å². The second-order valence-electron chi connectivity index (χ2n) is 7.26. The number of hydrogen-bond acceptors (Lipinski definition) is 8.